The Morgan fingerprint density at radius 3 is 2.83 bits per heavy atom. The summed E-state index contributed by atoms with van der Waals surface area (Å²) in [5, 5.41) is 3.68. The molecule has 0 saturated carbocycles. The lowest BCUT2D eigenvalue weighted by atomic mass is 9.70. The number of hydrogen-bond donors (Lipinski definition) is 1. The molecule has 1 spiro atoms. The predicted molar refractivity (Wildman–Crippen MR) is 93.9 cm³/mol. The fourth-order valence-electron chi connectivity index (χ4n) is 4.97. The van der Waals surface area contributed by atoms with Crippen LogP contribution < -0.4 is 5.32 Å². The van der Waals surface area contributed by atoms with Crippen LogP contribution in [-0.4, -0.2) is 30.9 Å². The van der Waals surface area contributed by atoms with Crippen molar-refractivity contribution in [2.24, 2.45) is 5.92 Å². The minimum Gasteiger partial charge on any atom is -0.384 e. The summed E-state index contributed by atoms with van der Waals surface area (Å²) in [6.45, 7) is 5.27. The lowest BCUT2D eigenvalue weighted by Gasteiger charge is -2.39. The van der Waals surface area contributed by atoms with E-state index in [2.05, 4.69) is 24.4 Å². The van der Waals surface area contributed by atoms with Crippen molar-refractivity contribution in [1.29, 1.82) is 0 Å². The molecule has 1 N–H and O–H groups in total. The minimum absolute atomic E-state index is 0.269. The van der Waals surface area contributed by atoms with Gasteiger partial charge in [-0.3, -0.25) is 4.79 Å². The maximum atomic E-state index is 11.1. The Bertz CT molecular complexity index is 602. The Labute approximate surface area is 139 Å². The van der Waals surface area contributed by atoms with Gasteiger partial charge in [-0.25, -0.2) is 0 Å². The SMILES string of the molecule is CC1CCCc2c(ccc3c2C2(CCN(C=O)CC2)CN3)CC1. The van der Waals surface area contributed by atoms with Crippen LogP contribution in [0, 0.1) is 5.92 Å². The van der Waals surface area contributed by atoms with Gasteiger partial charge in [-0.2, -0.15) is 0 Å². The number of benzene rings is 1. The molecule has 124 valence electrons. The zero-order valence-electron chi connectivity index (χ0n) is 14.2. The zero-order valence-corrected chi connectivity index (χ0v) is 14.2. The lowest BCUT2D eigenvalue weighted by Crippen LogP contribution is -2.43. The fourth-order valence-corrected chi connectivity index (χ4v) is 4.97. The van der Waals surface area contributed by atoms with Crippen molar-refractivity contribution in [1.82, 2.24) is 4.90 Å². The normalized spacial score (nSPS) is 26.0. The summed E-state index contributed by atoms with van der Waals surface area (Å²) in [5.41, 5.74) is 6.51. The predicted octanol–water partition coefficient (Wildman–Crippen LogP) is 3.51. The molecule has 4 rings (SSSR count). The van der Waals surface area contributed by atoms with Gasteiger partial charge >= 0.3 is 0 Å². The number of nitrogens with one attached hydrogen (secondary N) is 1. The molecule has 23 heavy (non-hydrogen) atoms. The van der Waals surface area contributed by atoms with Crippen molar-refractivity contribution in [3.05, 3.63) is 28.8 Å². The molecule has 3 nitrogen and oxygen atoms in total. The molecule has 0 bridgehead atoms. The van der Waals surface area contributed by atoms with E-state index in [1.807, 2.05) is 4.90 Å². The summed E-state index contributed by atoms with van der Waals surface area (Å²) in [4.78, 5) is 13.0. The van der Waals surface area contributed by atoms with Gasteiger partial charge in [0.15, 0.2) is 0 Å². The van der Waals surface area contributed by atoms with Crippen molar-refractivity contribution >= 4 is 12.1 Å². The molecule has 0 aromatic heterocycles. The van der Waals surface area contributed by atoms with Gasteiger partial charge in [-0.1, -0.05) is 19.4 Å². The van der Waals surface area contributed by atoms with Crippen LogP contribution in [0.2, 0.25) is 0 Å². The number of amides is 1. The van der Waals surface area contributed by atoms with Crippen molar-refractivity contribution in [3.8, 4) is 0 Å². The van der Waals surface area contributed by atoms with Crippen molar-refractivity contribution in [2.45, 2.75) is 57.3 Å². The van der Waals surface area contributed by atoms with Crippen LogP contribution in [0.1, 0.15) is 55.7 Å². The van der Waals surface area contributed by atoms with Crippen LogP contribution in [-0.2, 0) is 23.1 Å². The van der Waals surface area contributed by atoms with Gasteiger partial charge in [0.2, 0.25) is 6.41 Å². The van der Waals surface area contributed by atoms with Crippen LogP contribution >= 0.6 is 0 Å². The molecular formula is C20H28N2O. The molecule has 3 aliphatic rings. The highest BCUT2D eigenvalue weighted by Crippen LogP contribution is 2.47. The summed E-state index contributed by atoms with van der Waals surface area (Å²) >= 11 is 0. The van der Waals surface area contributed by atoms with Gasteiger partial charge in [-0.15, -0.1) is 0 Å². The van der Waals surface area contributed by atoms with Crippen molar-refractivity contribution < 1.29 is 4.79 Å². The van der Waals surface area contributed by atoms with E-state index in [-0.39, 0.29) is 5.41 Å². The molecule has 1 unspecified atom stereocenters. The molecule has 2 heterocycles. The standard InChI is InChI=1S/C20H28N2O/c1-15-3-2-4-17-16(6-5-15)7-8-18-19(17)20(13-21-18)9-11-22(14-23)12-10-20/h7-8,14-15,21H,2-6,9-13H2,1H3. The number of likely N-dealkylation sites (tertiary alicyclic amines) is 1. The second kappa shape index (κ2) is 5.85. The second-order valence-corrected chi connectivity index (χ2v) is 7.94. The monoisotopic (exact) mass is 312 g/mol. The number of nitrogens with zero attached hydrogens (tertiary/aromatic N) is 1. The lowest BCUT2D eigenvalue weighted by molar-refractivity contribution is -0.119. The minimum atomic E-state index is 0.269. The molecular weight excluding hydrogens is 284 g/mol. The van der Waals surface area contributed by atoms with E-state index in [0.717, 1.165) is 44.8 Å². The highest BCUT2D eigenvalue weighted by Gasteiger charge is 2.43. The molecule has 1 aliphatic carbocycles. The number of hydrogen-bond acceptors (Lipinski definition) is 2. The summed E-state index contributed by atoms with van der Waals surface area (Å²) < 4.78 is 0. The van der Waals surface area contributed by atoms with Crippen molar-refractivity contribution in [3.63, 3.8) is 0 Å². The molecule has 2 aliphatic heterocycles. The van der Waals surface area contributed by atoms with Crippen molar-refractivity contribution in [2.75, 3.05) is 25.0 Å². The first kappa shape index (κ1) is 15.0. The molecule has 1 amide bonds. The van der Waals surface area contributed by atoms with Crippen LogP contribution in [0.5, 0.6) is 0 Å². The summed E-state index contributed by atoms with van der Waals surface area (Å²) in [5.74, 6) is 0.860. The third-order valence-electron chi connectivity index (χ3n) is 6.49. The van der Waals surface area contributed by atoms with Gasteiger partial charge in [0.1, 0.15) is 0 Å². The number of rotatable bonds is 1. The number of anilines is 1. The summed E-state index contributed by atoms with van der Waals surface area (Å²) in [7, 11) is 0. The van der Waals surface area contributed by atoms with E-state index in [1.165, 1.54) is 37.8 Å². The number of fused-ring (bicyclic) bond motifs is 4. The zero-order chi connectivity index (χ0) is 15.9. The topological polar surface area (TPSA) is 32.3 Å². The highest BCUT2D eigenvalue weighted by atomic mass is 16.1. The maximum Gasteiger partial charge on any atom is 0.209 e. The Morgan fingerprint density at radius 2 is 2.04 bits per heavy atom. The number of carbonyl (C=O) groups excluding carboxylic acids is 1. The molecule has 3 heteroatoms. The quantitative estimate of drug-likeness (QED) is 0.805. The number of piperidine rings is 1. The number of aryl methyl sites for hydroxylation is 1. The first-order valence-corrected chi connectivity index (χ1v) is 9.30. The van der Waals surface area contributed by atoms with E-state index in [0.29, 0.717) is 0 Å². The molecule has 1 aromatic carbocycles. The van der Waals surface area contributed by atoms with Gasteiger partial charge < -0.3 is 10.2 Å². The Kier molecular flexibility index (Phi) is 3.82. The smallest absolute Gasteiger partial charge is 0.209 e. The summed E-state index contributed by atoms with van der Waals surface area (Å²) in [6, 6.07) is 4.69. The Hall–Kier alpha value is -1.51. The molecule has 1 fully saturated rings. The van der Waals surface area contributed by atoms with Gasteiger partial charge in [0.05, 0.1) is 0 Å². The maximum absolute atomic E-state index is 11.1. The van der Waals surface area contributed by atoms with E-state index in [1.54, 1.807) is 16.7 Å². The molecule has 1 saturated heterocycles. The molecule has 0 radical (unpaired) electrons. The van der Waals surface area contributed by atoms with Gasteiger partial charge in [-0.05, 0) is 67.2 Å². The van der Waals surface area contributed by atoms with E-state index in [4.69, 9.17) is 0 Å². The Morgan fingerprint density at radius 1 is 1.22 bits per heavy atom. The van der Waals surface area contributed by atoms with E-state index >= 15 is 0 Å². The number of carbonyl (C=O) groups is 1. The van der Waals surface area contributed by atoms with E-state index in [9.17, 15) is 4.79 Å². The second-order valence-electron chi connectivity index (χ2n) is 7.94. The average Bonchev–Trinajstić information content (AvgIpc) is 2.91. The third-order valence-corrected chi connectivity index (χ3v) is 6.49. The highest BCUT2D eigenvalue weighted by molar-refractivity contribution is 5.66. The fraction of sp³-hybridized carbons (Fsp3) is 0.650. The third kappa shape index (κ3) is 2.54. The van der Waals surface area contributed by atoms with Crippen LogP contribution in [0.3, 0.4) is 0 Å². The van der Waals surface area contributed by atoms with E-state index < -0.39 is 0 Å². The van der Waals surface area contributed by atoms with Crippen LogP contribution in [0.4, 0.5) is 5.69 Å². The first-order chi connectivity index (χ1) is 11.2. The van der Waals surface area contributed by atoms with Gasteiger partial charge in [0, 0.05) is 30.7 Å². The average molecular weight is 312 g/mol. The van der Waals surface area contributed by atoms with Crippen LogP contribution in [0.25, 0.3) is 0 Å². The first-order valence-electron chi connectivity index (χ1n) is 9.30. The summed E-state index contributed by atoms with van der Waals surface area (Å²) in [6.07, 6.45) is 9.73. The Balaban J connectivity index is 1.71. The van der Waals surface area contributed by atoms with Gasteiger partial charge in [0.25, 0.3) is 0 Å². The largest absolute Gasteiger partial charge is 0.384 e. The molecule has 1 aromatic rings. The molecule has 1 atom stereocenters. The van der Waals surface area contributed by atoms with Crippen LogP contribution in [0.15, 0.2) is 12.1 Å².